The molecule has 0 fully saturated rings. The summed E-state index contributed by atoms with van der Waals surface area (Å²) < 4.78 is 0. The summed E-state index contributed by atoms with van der Waals surface area (Å²) in [5, 5.41) is 16.4. The molecule has 0 aromatic heterocycles. The summed E-state index contributed by atoms with van der Waals surface area (Å²) in [6.07, 6.45) is -0.224. The molecule has 2 aromatic carbocycles. The molecule has 25 heavy (non-hydrogen) atoms. The highest BCUT2D eigenvalue weighted by Gasteiger charge is 2.13. The van der Waals surface area contributed by atoms with Crippen LogP contribution in [-0.4, -0.2) is 23.6 Å². The number of nitrogens with one attached hydrogen (secondary N) is 2. The van der Waals surface area contributed by atoms with E-state index in [0.717, 1.165) is 22.4 Å². The summed E-state index contributed by atoms with van der Waals surface area (Å²) in [6, 6.07) is 13.8. The van der Waals surface area contributed by atoms with Gasteiger partial charge < -0.3 is 15.7 Å². The summed E-state index contributed by atoms with van der Waals surface area (Å²) in [5.41, 5.74) is 5.10. The first kappa shape index (κ1) is 19.2. The topological polar surface area (TPSA) is 61.4 Å². The smallest absolute Gasteiger partial charge is 0.225 e. The third-order valence-corrected chi connectivity index (χ3v) is 4.23. The van der Waals surface area contributed by atoms with Crippen LogP contribution < -0.4 is 10.6 Å². The highest BCUT2D eigenvalue weighted by molar-refractivity contribution is 5.91. The normalized spacial score (nSPS) is 13.3. The monoisotopic (exact) mass is 340 g/mol. The molecule has 3 N–H and O–H groups in total. The van der Waals surface area contributed by atoms with Gasteiger partial charge in [-0.1, -0.05) is 47.5 Å². The molecule has 0 saturated heterocycles. The summed E-state index contributed by atoms with van der Waals surface area (Å²) in [4.78, 5) is 12.2. The average Bonchev–Trinajstić information content (AvgIpc) is 2.55. The lowest BCUT2D eigenvalue weighted by molar-refractivity contribution is -0.116. The highest BCUT2D eigenvalue weighted by Crippen LogP contribution is 2.17. The molecule has 4 nitrogen and oxygen atoms in total. The Morgan fingerprint density at radius 1 is 1.08 bits per heavy atom. The van der Waals surface area contributed by atoms with Gasteiger partial charge in [-0.05, 0) is 44.9 Å². The highest BCUT2D eigenvalue weighted by atomic mass is 16.3. The molecule has 0 saturated carbocycles. The average molecular weight is 340 g/mol. The van der Waals surface area contributed by atoms with E-state index in [9.17, 15) is 9.90 Å². The first-order valence-corrected chi connectivity index (χ1v) is 8.70. The molecule has 0 heterocycles. The van der Waals surface area contributed by atoms with Crippen LogP contribution in [0.3, 0.4) is 0 Å². The van der Waals surface area contributed by atoms with E-state index in [0.29, 0.717) is 13.0 Å². The van der Waals surface area contributed by atoms with E-state index in [1.165, 1.54) is 5.56 Å². The van der Waals surface area contributed by atoms with E-state index in [-0.39, 0.29) is 11.9 Å². The van der Waals surface area contributed by atoms with Gasteiger partial charge in [-0.2, -0.15) is 0 Å². The lowest BCUT2D eigenvalue weighted by atomic mass is 10.1. The van der Waals surface area contributed by atoms with Gasteiger partial charge in [0.1, 0.15) is 0 Å². The Hall–Kier alpha value is -2.17. The third kappa shape index (κ3) is 6.00. The van der Waals surface area contributed by atoms with Crippen molar-refractivity contribution in [2.45, 2.75) is 46.3 Å². The molecule has 0 bridgehead atoms. The molecule has 0 aliphatic carbocycles. The number of aliphatic hydroxyl groups is 1. The Labute approximate surface area is 150 Å². The zero-order valence-corrected chi connectivity index (χ0v) is 15.5. The second kappa shape index (κ2) is 8.79. The van der Waals surface area contributed by atoms with Crippen molar-refractivity contribution in [2.24, 2.45) is 0 Å². The zero-order chi connectivity index (χ0) is 18.4. The molecule has 2 rings (SSSR count). The number of carbonyl (C=O) groups excluding carboxylic acids is 1. The Kier molecular flexibility index (Phi) is 6.73. The fourth-order valence-electron chi connectivity index (χ4n) is 2.81. The summed E-state index contributed by atoms with van der Waals surface area (Å²) in [7, 11) is 0. The van der Waals surface area contributed by atoms with Crippen LogP contribution in [0.1, 0.15) is 41.7 Å². The van der Waals surface area contributed by atoms with Crippen LogP contribution in [-0.2, 0) is 4.79 Å². The minimum Gasteiger partial charge on any atom is -0.387 e. The first-order chi connectivity index (χ1) is 11.8. The molecule has 2 aromatic rings. The SMILES string of the molecule is Cc1cccc(C(O)CNC(C)CC(=O)Nc2ccc(C)cc2C)c1. The fourth-order valence-corrected chi connectivity index (χ4v) is 2.81. The summed E-state index contributed by atoms with van der Waals surface area (Å²) in [5.74, 6) is -0.0306. The van der Waals surface area contributed by atoms with Crippen LogP contribution in [0.4, 0.5) is 5.69 Å². The van der Waals surface area contributed by atoms with E-state index in [4.69, 9.17) is 0 Å². The molecule has 134 valence electrons. The van der Waals surface area contributed by atoms with Gasteiger partial charge in [0.15, 0.2) is 0 Å². The van der Waals surface area contributed by atoms with Crippen LogP contribution in [0.15, 0.2) is 42.5 Å². The number of aliphatic hydroxyl groups excluding tert-OH is 1. The minimum absolute atomic E-state index is 0.0230. The molecule has 0 aliphatic rings. The number of hydrogen-bond donors (Lipinski definition) is 3. The van der Waals surface area contributed by atoms with Gasteiger partial charge in [-0.3, -0.25) is 4.79 Å². The van der Waals surface area contributed by atoms with E-state index < -0.39 is 6.10 Å². The Morgan fingerprint density at radius 3 is 2.48 bits per heavy atom. The molecular formula is C21H28N2O2. The first-order valence-electron chi connectivity index (χ1n) is 8.70. The number of aryl methyl sites for hydroxylation is 3. The maximum Gasteiger partial charge on any atom is 0.225 e. The third-order valence-electron chi connectivity index (χ3n) is 4.23. The largest absolute Gasteiger partial charge is 0.387 e. The van der Waals surface area contributed by atoms with Crippen molar-refractivity contribution < 1.29 is 9.90 Å². The van der Waals surface area contributed by atoms with Gasteiger partial charge in [0.2, 0.25) is 5.91 Å². The molecule has 2 atom stereocenters. The van der Waals surface area contributed by atoms with Crippen molar-refractivity contribution in [2.75, 3.05) is 11.9 Å². The maximum absolute atomic E-state index is 12.2. The van der Waals surface area contributed by atoms with Crippen molar-refractivity contribution in [3.63, 3.8) is 0 Å². The quantitative estimate of drug-likeness (QED) is 0.721. The number of benzene rings is 2. The summed E-state index contributed by atoms with van der Waals surface area (Å²) in [6.45, 7) is 8.39. The maximum atomic E-state index is 12.2. The van der Waals surface area contributed by atoms with E-state index >= 15 is 0 Å². The number of hydrogen-bond acceptors (Lipinski definition) is 3. The standard InChI is InChI=1S/C21H28N2O2/c1-14-6-5-7-18(11-14)20(24)13-22-17(4)12-21(25)23-19-9-8-15(2)10-16(19)3/h5-11,17,20,22,24H,12-13H2,1-4H3,(H,23,25). The second-order valence-corrected chi connectivity index (χ2v) is 6.81. The second-order valence-electron chi connectivity index (χ2n) is 6.81. The van der Waals surface area contributed by atoms with Crippen molar-refractivity contribution in [3.05, 3.63) is 64.7 Å². The van der Waals surface area contributed by atoms with Crippen molar-refractivity contribution in [3.8, 4) is 0 Å². The van der Waals surface area contributed by atoms with Gasteiger partial charge in [0.05, 0.1) is 6.10 Å². The van der Waals surface area contributed by atoms with Gasteiger partial charge in [-0.25, -0.2) is 0 Å². The van der Waals surface area contributed by atoms with Crippen LogP contribution >= 0.6 is 0 Å². The molecular weight excluding hydrogens is 312 g/mol. The van der Waals surface area contributed by atoms with E-state index in [1.807, 2.05) is 64.1 Å². The lowest BCUT2D eigenvalue weighted by Crippen LogP contribution is -2.33. The number of carbonyl (C=O) groups is 1. The van der Waals surface area contributed by atoms with Crippen LogP contribution in [0.2, 0.25) is 0 Å². The zero-order valence-electron chi connectivity index (χ0n) is 15.5. The van der Waals surface area contributed by atoms with E-state index in [1.54, 1.807) is 0 Å². The number of anilines is 1. The van der Waals surface area contributed by atoms with Crippen molar-refractivity contribution in [1.82, 2.24) is 5.32 Å². The minimum atomic E-state index is -0.579. The van der Waals surface area contributed by atoms with Gasteiger partial charge in [0.25, 0.3) is 0 Å². The van der Waals surface area contributed by atoms with Gasteiger partial charge >= 0.3 is 0 Å². The summed E-state index contributed by atoms with van der Waals surface area (Å²) >= 11 is 0. The lowest BCUT2D eigenvalue weighted by Gasteiger charge is -2.18. The van der Waals surface area contributed by atoms with E-state index in [2.05, 4.69) is 16.7 Å². The van der Waals surface area contributed by atoms with Crippen LogP contribution in [0.25, 0.3) is 0 Å². The number of amides is 1. The van der Waals surface area contributed by atoms with Crippen LogP contribution in [0, 0.1) is 20.8 Å². The predicted molar refractivity (Wildman–Crippen MR) is 103 cm³/mol. The molecule has 1 amide bonds. The molecule has 0 spiro atoms. The predicted octanol–water partition coefficient (Wildman–Crippen LogP) is 3.65. The van der Waals surface area contributed by atoms with Crippen LogP contribution in [0.5, 0.6) is 0 Å². The van der Waals surface area contributed by atoms with Gasteiger partial charge in [-0.15, -0.1) is 0 Å². The Bertz CT molecular complexity index is 728. The fraction of sp³-hybridized carbons (Fsp3) is 0.381. The molecule has 0 aliphatic heterocycles. The molecule has 0 radical (unpaired) electrons. The molecule has 2 unspecified atom stereocenters. The Morgan fingerprint density at radius 2 is 1.80 bits per heavy atom. The Balaban J connectivity index is 1.81. The van der Waals surface area contributed by atoms with Crippen molar-refractivity contribution >= 4 is 11.6 Å². The van der Waals surface area contributed by atoms with Gasteiger partial charge in [0, 0.05) is 24.7 Å². The number of rotatable bonds is 7. The van der Waals surface area contributed by atoms with Crippen molar-refractivity contribution in [1.29, 1.82) is 0 Å². The molecule has 4 heteroatoms.